The van der Waals surface area contributed by atoms with Gasteiger partial charge < -0.3 is 4.74 Å². The van der Waals surface area contributed by atoms with E-state index in [9.17, 15) is 5.26 Å². The van der Waals surface area contributed by atoms with Crippen LogP contribution in [0.2, 0.25) is 0 Å². The Labute approximate surface area is 110 Å². The molecule has 0 radical (unpaired) electrons. The van der Waals surface area contributed by atoms with E-state index in [0.717, 1.165) is 26.2 Å². The van der Waals surface area contributed by atoms with Gasteiger partial charge in [0.1, 0.15) is 5.54 Å². The topological polar surface area (TPSA) is 48.3 Å². The number of morpholine rings is 1. The number of likely N-dealkylation sites (N-methyl/N-ethyl adjacent to an activating group) is 1. The van der Waals surface area contributed by atoms with Crippen LogP contribution < -0.4 is 5.32 Å². The molecular weight excluding hydrogens is 226 g/mol. The molecule has 0 spiro atoms. The average Bonchev–Trinajstić information content (AvgIpc) is 3.11. The minimum absolute atomic E-state index is 0.269. The van der Waals surface area contributed by atoms with Gasteiger partial charge in [0.25, 0.3) is 0 Å². The van der Waals surface area contributed by atoms with Crippen molar-refractivity contribution in [3.05, 3.63) is 0 Å². The van der Waals surface area contributed by atoms with Crippen LogP contribution in [0.5, 0.6) is 0 Å². The Morgan fingerprint density at radius 1 is 1.33 bits per heavy atom. The van der Waals surface area contributed by atoms with Gasteiger partial charge in [-0.3, -0.25) is 10.2 Å². The molecule has 3 atom stereocenters. The number of nitriles is 1. The van der Waals surface area contributed by atoms with Crippen LogP contribution in [0.4, 0.5) is 0 Å². The summed E-state index contributed by atoms with van der Waals surface area (Å²) in [7, 11) is 0. The van der Waals surface area contributed by atoms with Crippen molar-refractivity contribution in [3.63, 3.8) is 0 Å². The van der Waals surface area contributed by atoms with E-state index in [1.807, 2.05) is 0 Å². The Morgan fingerprint density at radius 2 is 1.94 bits per heavy atom. The molecule has 4 nitrogen and oxygen atoms in total. The zero-order chi connectivity index (χ0) is 13.2. The Balaban J connectivity index is 2.02. The molecule has 1 aliphatic heterocycles. The van der Waals surface area contributed by atoms with E-state index in [4.69, 9.17) is 4.74 Å². The van der Waals surface area contributed by atoms with E-state index >= 15 is 0 Å². The third kappa shape index (κ3) is 3.03. The lowest BCUT2D eigenvalue weighted by atomic mass is 9.93. The second-order valence-electron chi connectivity index (χ2n) is 5.84. The van der Waals surface area contributed by atoms with Crippen molar-refractivity contribution in [1.29, 1.82) is 5.26 Å². The molecule has 1 heterocycles. The number of ether oxygens (including phenoxy) is 1. The van der Waals surface area contributed by atoms with Crippen molar-refractivity contribution in [2.45, 2.75) is 51.4 Å². The monoisotopic (exact) mass is 251 g/mol. The summed E-state index contributed by atoms with van der Waals surface area (Å²) >= 11 is 0. The minimum Gasteiger partial charge on any atom is -0.373 e. The van der Waals surface area contributed by atoms with Crippen LogP contribution in [0.3, 0.4) is 0 Å². The predicted octanol–water partition coefficient (Wildman–Crippen LogP) is 1.38. The summed E-state index contributed by atoms with van der Waals surface area (Å²) in [4.78, 5) is 2.39. The first-order valence-corrected chi connectivity index (χ1v) is 7.13. The molecule has 1 saturated carbocycles. The molecule has 2 fully saturated rings. The third-order valence-electron chi connectivity index (χ3n) is 3.93. The van der Waals surface area contributed by atoms with Crippen molar-refractivity contribution in [2.24, 2.45) is 5.92 Å². The van der Waals surface area contributed by atoms with Gasteiger partial charge in [0.2, 0.25) is 0 Å². The molecule has 1 saturated heterocycles. The van der Waals surface area contributed by atoms with Gasteiger partial charge in [-0.05, 0) is 39.2 Å². The fraction of sp³-hybridized carbons (Fsp3) is 0.929. The molecule has 0 amide bonds. The van der Waals surface area contributed by atoms with Gasteiger partial charge in [-0.15, -0.1) is 0 Å². The zero-order valence-electron chi connectivity index (χ0n) is 11.8. The second kappa shape index (κ2) is 5.56. The van der Waals surface area contributed by atoms with Crippen LogP contribution in [0, 0.1) is 17.2 Å². The second-order valence-corrected chi connectivity index (χ2v) is 5.84. The molecule has 4 heteroatoms. The van der Waals surface area contributed by atoms with Crippen LogP contribution in [0.25, 0.3) is 0 Å². The number of rotatable bonds is 5. The smallest absolute Gasteiger partial charge is 0.122 e. The lowest BCUT2D eigenvalue weighted by Crippen LogP contribution is -2.58. The zero-order valence-corrected chi connectivity index (χ0v) is 11.8. The van der Waals surface area contributed by atoms with Crippen LogP contribution in [0.1, 0.15) is 33.6 Å². The minimum atomic E-state index is -0.342. The summed E-state index contributed by atoms with van der Waals surface area (Å²) in [5.74, 6) is 0.538. The van der Waals surface area contributed by atoms with Gasteiger partial charge in [-0.25, -0.2) is 0 Å². The fourth-order valence-corrected chi connectivity index (χ4v) is 3.15. The highest BCUT2D eigenvalue weighted by Gasteiger charge is 2.46. The molecule has 102 valence electrons. The quantitative estimate of drug-likeness (QED) is 0.802. The summed E-state index contributed by atoms with van der Waals surface area (Å²) in [6.45, 7) is 9.87. The number of hydrogen-bond acceptors (Lipinski definition) is 4. The number of nitrogens with one attached hydrogen (secondary N) is 1. The average molecular weight is 251 g/mol. The lowest BCUT2D eigenvalue weighted by Gasteiger charge is -2.40. The Kier molecular flexibility index (Phi) is 4.26. The summed E-state index contributed by atoms with van der Waals surface area (Å²) in [5, 5.41) is 13.1. The Hall–Kier alpha value is -0.630. The summed E-state index contributed by atoms with van der Waals surface area (Å²) in [5.41, 5.74) is -0.342. The van der Waals surface area contributed by atoms with Gasteiger partial charge in [0, 0.05) is 19.6 Å². The molecule has 1 aliphatic carbocycles. The molecule has 2 rings (SSSR count). The molecular formula is C14H25N3O. The summed E-state index contributed by atoms with van der Waals surface area (Å²) in [6, 6.07) is 2.56. The van der Waals surface area contributed by atoms with Gasteiger partial charge in [-0.1, -0.05) is 6.92 Å². The van der Waals surface area contributed by atoms with E-state index in [1.54, 1.807) is 0 Å². The predicted molar refractivity (Wildman–Crippen MR) is 71.2 cm³/mol. The molecule has 0 aromatic rings. The maximum Gasteiger partial charge on any atom is 0.122 e. The van der Waals surface area contributed by atoms with Crippen molar-refractivity contribution < 1.29 is 4.74 Å². The number of hydrogen-bond donors (Lipinski definition) is 1. The highest BCUT2D eigenvalue weighted by atomic mass is 16.5. The van der Waals surface area contributed by atoms with Crippen molar-refractivity contribution >= 4 is 0 Å². The molecule has 1 unspecified atom stereocenters. The molecule has 1 N–H and O–H groups in total. The maximum atomic E-state index is 9.61. The van der Waals surface area contributed by atoms with E-state index in [0.29, 0.717) is 5.92 Å². The molecule has 0 bridgehead atoms. The standard InChI is InChI=1S/C14H25N3O/c1-4-16-14(9-15,13-5-6-13)10-17-7-11(2)18-12(3)8-17/h11-13,16H,4-8,10H2,1-3H3/t11-,12+,14?. The summed E-state index contributed by atoms with van der Waals surface area (Å²) < 4.78 is 5.76. The van der Waals surface area contributed by atoms with Crippen molar-refractivity contribution in [1.82, 2.24) is 10.2 Å². The SMILES string of the molecule is CCNC(C#N)(CN1C[C@@H](C)O[C@@H](C)C1)C1CC1. The van der Waals surface area contributed by atoms with Crippen molar-refractivity contribution in [2.75, 3.05) is 26.2 Å². The first-order chi connectivity index (χ1) is 8.59. The van der Waals surface area contributed by atoms with Gasteiger partial charge >= 0.3 is 0 Å². The lowest BCUT2D eigenvalue weighted by molar-refractivity contribution is -0.0728. The maximum absolute atomic E-state index is 9.61. The molecule has 18 heavy (non-hydrogen) atoms. The Bertz CT molecular complexity index is 313. The normalized spacial score (nSPS) is 32.8. The van der Waals surface area contributed by atoms with Gasteiger partial charge in [-0.2, -0.15) is 5.26 Å². The van der Waals surface area contributed by atoms with Crippen LogP contribution in [0.15, 0.2) is 0 Å². The van der Waals surface area contributed by atoms with Crippen molar-refractivity contribution in [3.8, 4) is 6.07 Å². The highest BCUT2D eigenvalue weighted by Crippen LogP contribution is 2.40. The molecule has 0 aromatic carbocycles. The van der Waals surface area contributed by atoms with Gasteiger partial charge in [0.15, 0.2) is 0 Å². The summed E-state index contributed by atoms with van der Waals surface area (Å²) in [6.07, 6.45) is 2.92. The highest BCUT2D eigenvalue weighted by molar-refractivity contribution is 5.16. The first-order valence-electron chi connectivity index (χ1n) is 7.13. The van der Waals surface area contributed by atoms with Crippen LogP contribution in [-0.4, -0.2) is 48.8 Å². The third-order valence-corrected chi connectivity index (χ3v) is 3.93. The van der Waals surface area contributed by atoms with E-state index < -0.39 is 0 Å². The van der Waals surface area contributed by atoms with E-state index in [1.165, 1.54) is 12.8 Å². The molecule has 2 aliphatic rings. The van der Waals surface area contributed by atoms with E-state index in [-0.39, 0.29) is 17.7 Å². The number of nitrogens with zero attached hydrogens (tertiary/aromatic N) is 2. The van der Waals surface area contributed by atoms with Gasteiger partial charge in [0.05, 0.1) is 18.3 Å². The fourth-order valence-electron chi connectivity index (χ4n) is 3.15. The van der Waals surface area contributed by atoms with Crippen LogP contribution in [-0.2, 0) is 4.74 Å². The van der Waals surface area contributed by atoms with E-state index in [2.05, 4.69) is 37.1 Å². The largest absolute Gasteiger partial charge is 0.373 e. The first kappa shape index (κ1) is 13.8. The van der Waals surface area contributed by atoms with Crippen LogP contribution >= 0.6 is 0 Å². The Morgan fingerprint density at radius 3 is 2.39 bits per heavy atom. The molecule has 0 aromatic heterocycles.